The molecule has 0 fully saturated rings. The van der Waals surface area contributed by atoms with Gasteiger partial charge in [-0.25, -0.2) is 4.98 Å². The molecule has 3 rings (SSSR count). The molecule has 0 aliphatic rings. The molecule has 2 heterocycles. The molecule has 2 aromatic heterocycles. The second-order valence-electron chi connectivity index (χ2n) is 4.61. The second-order valence-corrected chi connectivity index (χ2v) is 4.61. The van der Waals surface area contributed by atoms with Crippen LogP contribution >= 0.6 is 0 Å². The summed E-state index contributed by atoms with van der Waals surface area (Å²) in [5, 5.41) is 10.4. The van der Waals surface area contributed by atoms with Crippen molar-refractivity contribution in [3.05, 3.63) is 47.7 Å². The smallest absolute Gasteiger partial charge is 0.253 e. The molecule has 0 bridgehead atoms. The Hall–Kier alpha value is -2.63. The van der Waals surface area contributed by atoms with Gasteiger partial charge in [-0.3, -0.25) is 9.89 Å². The highest BCUT2D eigenvalue weighted by atomic mass is 16.1. The SMILES string of the molecule is Cc1[nH]c2ccccc2c1C(=O)NCCc1ncn[nH]1. The Kier molecular flexibility index (Phi) is 3.20. The number of amides is 1. The van der Waals surface area contributed by atoms with E-state index in [2.05, 4.69) is 25.5 Å². The summed E-state index contributed by atoms with van der Waals surface area (Å²) >= 11 is 0. The number of nitrogens with zero attached hydrogens (tertiary/aromatic N) is 2. The van der Waals surface area contributed by atoms with E-state index in [1.54, 1.807) is 0 Å². The zero-order valence-corrected chi connectivity index (χ0v) is 11.1. The zero-order valence-electron chi connectivity index (χ0n) is 11.1. The van der Waals surface area contributed by atoms with Crippen LogP contribution in [0.2, 0.25) is 0 Å². The summed E-state index contributed by atoms with van der Waals surface area (Å²) in [7, 11) is 0. The number of aromatic nitrogens is 4. The van der Waals surface area contributed by atoms with Crippen molar-refractivity contribution in [3.8, 4) is 0 Å². The fraction of sp³-hybridized carbons (Fsp3) is 0.214. The van der Waals surface area contributed by atoms with Gasteiger partial charge in [-0.1, -0.05) is 18.2 Å². The van der Waals surface area contributed by atoms with Gasteiger partial charge in [0.05, 0.1) is 5.56 Å². The first-order chi connectivity index (χ1) is 9.75. The van der Waals surface area contributed by atoms with Crippen molar-refractivity contribution in [1.29, 1.82) is 0 Å². The van der Waals surface area contributed by atoms with E-state index in [4.69, 9.17) is 0 Å². The highest BCUT2D eigenvalue weighted by Crippen LogP contribution is 2.21. The minimum Gasteiger partial charge on any atom is -0.358 e. The van der Waals surface area contributed by atoms with Gasteiger partial charge in [0.2, 0.25) is 0 Å². The minimum atomic E-state index is -0.0699. The van der Waals surface area contributed by atoms with Crippen molar-refractivity contribution >= 4 is 16.8 Å². The van der Waals surface area contributed by atoms with Gasteiger partial charge >= 0.3 is 0 Å². The molecular weight excluding hydrogens is 254 g/mol. The summed E-state index contributed by atoms with van der Waals surface area (Å²) in [6.07, 6.45) is 2.09. The number of aromatic amines is 2. The third-order valence-electron chi connectivity index (χ3n) is 3.23. The van der Waals surface area contributed by atoms with Crippen LogP contribution in [-0.4, -0.2) is 32.6 Å². The van der Waals surface area contributed by atoms with Crippen LogP contribution in [0.1, 0.15) is 21.9 Å². The zero-order chi connectivity index (χ0) is 13.9. The van der Waals surface area contributed by atoms with Gasteiger partial charge in [0.1, 0.15) is 12.2 Å². The molecule has 1 aromatic carbocycles. The fourth-order valence-electron chi connectivity index (χ4n) is 2.30. The van der Waals surface area contributed by atoms with Gasteiger partial charge in [0.15, 0.2) is 0 Å². The first kappa shape index (κ1) is 12.4. The second kappa shape index (κ2) is 5.16. The highest BCUT2D eigenvalue weighted by Gasteiger charge is 2.15. The van der Waals surface area contributed by atoms with E-state index < -0.39 is 0 Å². The Balaban J connectivity index is 1.74. The molecule has 0 aliphatic carbocycles. The number of benzene rings is 1. The molecular formula is C14H15N5O. The van der Waals surface area contributed by atoms with E-state index in [9.17, 15) is 4.79 Å². The van der Waals surface area contributed by atoms with Gasteiger partial charge in [0, 0.05) is 29.6 Å². The number of carbonyl (C=O) groups excluding carboxylic acids is 1. The molecule has 3 aromatic rings. The van der Waals surface area contributed by atoms with Crippen LogP contribution < -0.4 is 5.32 Å². The summed E-state index contributed by atoms with van der Waals surface area (Å²) in [6.45, 7) is 2.43. The highest BCUT2D eigenvalue weighted by molar-refractivity contribution is 6.08. The fourth-order valence-corrected chi connectivity index (χ4v) is 2.30. The Bertz CT molecular complexity index is 729. The molecule has 0 aliphatic heterocycles. The summed E-state index contributed by atoms with van der Waals surface area (Å²) < 4.78 is 0. The topological polar surface area (TPSA) is 86.5 Å². The lowest BCUT2D eigenvalue weighted by molar-refractivity contribution is 0.0955. The molecule has 6 nitrogen and oxygen atoms in total. The third kappa shape index (κ3) is 2.27. The quantitative estimate of drug-likeness (QED) is 0.672. The number of H-pyrrole nitrogens is 2. The molecule has 0 radical (unpaired) electrons. The van der Waals surface area contributed by atoms with Gasteiger partial charge in [0.25, 0.3) is 5.91 Å². The maximum atomic E-state index is 12.3. The molecule has 0 saturated carbocycles. The van der Waals surface area contributed by atoms with E-state index in [0.717, 1.165) is 22.4 Å². The number of hydrogen-bond donors (Lipinski definition) is 3. The van der Waals surface area contributed by atoms with Gasteiger partial charge in [-0.15, -0.1) is 0 Å². The first-order valence-corrected chi connectivity index (χ1v) is 6.45. The summed E-state index contributed by atoms with van der Waals surface area (Å²) in [4.78, 5) is 19.5. The van der Waals surface area contributed by atoms with Gasteiger partial charge in [-0.05, 0) is 13.0 Å². The largest absolute Gasteiger partial charge is 0.358 e. The van der Waals surface area contributed by atoms with Gasteiger partial charge < -0.3 is 10.3 Å². The van der Waals surface area contributed by atoms with Crippen LogP contribution in [0.25, 0.3) is 10.9 Å². The molecule has 3 N–H and O–H groups in total. The number of aryl methyl sites for hydroxylation is 1. The summed E-state index contributed by atoms with van der Waals surface area (Å²) in [6, 6.07) is 7.79. The van der Waals surface area contributed by atoms with Crippen LogP contribution in [-0.2, 0) is 6.42 Å². The van der Waals surface area contributed by atoms with Crippen molar-refractivity contribution in [1.82, 2.24) is 25.5 Å². The van der Waals surface area contributed by atoms with Crippen LogP contribution in [0.15, 0.2) is 30.6 Å². The molecule has 0 saturated heterocycles. The Morgan fingerprint density at radius 3 is 3.00 bits per heavy atom. The van der Waals surface area contributed by atoms with E-state index in [0.29, 0.717) is 18.5 Å². The lowest BCUT2D eigenvalue weighted by Crippen LogP contribution is -2.26. The van der Waals surface area contributed by atoms with Crippen LogP contribution in [0.3, 0.4) is 0 Å². The van der Waals surface area contributed by atoms with Crippen molar-refractivity contribution in [2.45, 2.75) is 13.3 Å². The number of fused-ring (bicyclic) bond motifs is 1. The lowest BCUT2D eigenvalue weighted by atomic mass is 10.1. The summed E-state index contributed by atoms with van der Waals surface area (Å²) in [5.74, 6) is 0.695. The predicted octanol–water partition coefficient (Wildman–Crippen LogP) is 1.57. The van der Waals surface area contributed by atoms with Crippen molar-refractivity contribution < 1.29 is 4.79 Å². The van der Waals surface area contributed by atoms with Crippen LogP contribution in [0, 0.1) is 6.92 Å². The Labute approximate surface area is 115 Å². The third-order valence-corrected chi connectivity index (χ3v) is 3.23. The van der Waals surface area contributed by atoms with Gasteiger partial charge in [-0.2, -0.15) is 5.10 Å². The monoisotopic (exact) mass is 269 g/mol. The standard InChI is InChI=1S/C14H15N5O/c1-9-13(10-4-2-3-5-11(10)18-9)14(20)15-7-6-12-16-8-17-19-12/h2-5,8,18H,6-7H2,1H3,(H,15,20)(H,16,17,19). The van der Waals surface area contributed by atoms with E-state index in [1.165, 1.54) is 6.33 Å². The number of hydrogen-bond acceptors (Lipinski definition) is 3. The van der Waals surface area contributed by atoms with Crippen molar-refractivity contribution in [2.24, 2.45) is 0 Å². The number of carbonyl (C=O) groups is 1. The van der Waals surface area contributed by atoms with Crippen molar-refractivity contribution in [2.75, 3.05) is 6.54 Å². The molecule has 6 heteroatoms. The average molecular weight is 269 g/mol. The minimum absolute atomic E-state index is 0.0699. The predicted molar refractivity (Wildman–Crippen MR) is 75.5 cm³/mol. The molecule has 0 atom stereocenters. The number of nitrogens with one attached hydrogen (secondary N) is 3. The molecule has 0 spiro atoms. The maximum Gasteiger partial charge on any atom is 0.253 e. The molecule has 0 unspecified atom stereocenters. The maximum absolute atomic E-state index is 12.3. The van der Waals surface area contributed by atoms with Crippen molar-refractivity contribution in [3.63, 3.8) is 0 Å². The van der Waals surface area contributed by atoms with Crippen LogP contribution in [0.5, 0.6) is 0 Å². The van der Waals surface area contributed by atoms with E-state index >= 15 is 0 Å². The normalized spacial score (nSPS) is 10.8. The molecule has 20 heavy (non-hydrogen) atoms. The van der Waals surface area contributed by atoms with E-state index in [-0.39, 0.29) is 5.91 Å². The Morgan fingerprint density at radius 1 is 1.35 bits per heavy atom. The average Bonchev–Trinajstić information content (AvgIpc) is 3.04. The number of para-hydroxylation sites is 1. The lowest BCUT2D eigenvalue weighted by Gasteiger charge is -2.04. The van der Waals surface area contributed by atoms with E-state index in [1.807, 2.05) is 31.2 Å². The number of rotatable bonds is 4. The summed E-state index contributed by atoms with van der Waals surface area (Å²) in [5.41, 5.74) is 2.56. The van der Waals surface area contributed by atoms with Crippen LogP contribution in [0.4, 0.5) is 0 Å². The molecule has 1 amide bonds. The molecule has 102 valence electrons. The first-order valence-electron chi connectivity index (χ1n) is 6.45. The Morgan fingerprint density at radius 2 is 2.20 bits per heavy atom.